The number of aliphatic hydroxyl groups excluding tert-OH is 2. The second kappa shape index (κ2) is 8.44. The number of phenols is 2. The van der Waals surface area contributed by atoms with Crippen molar-refractivity contribution in [2.75, 3.05) is 13.7 Å². The fourth-order valence-electron chi connectivity index (χ4n) is 4.22. The van der Waals surface area contributed by atoms with E-state index in [4.69, 9.17) is 18.9 Å². The Balaban J connectivity index is 1.49. The zero-order chi connectivity index (χ0) is 24.0. The molecule has 0 radical (unpaired) electrons. The van der Waals surface area contributed by atoms with Crippen LogP contribution < -0.4 is 18.9 Å². The molecule has 176 valence electrons. The molecule has 9 heteroatoms. The third-order valence-electron chi connectivity index (χ3n) is 5.94. The molecule has 2 aliphatic heterocycles. The molecule has 0 spiro atoms. The van der Waals surface area contributed by atoms with Crippen molar-refractivity contribution in [2.45, 2.75) is 24.4 Å². The highest BCUT2D eigenvalue weighted by Gasteiger charge is 2.40. The number of fused-ring (bicyclic) bond motifs is 2. The van der Waals surface area contributed by atoms with Crippen molar-refractivity contribution in [1.29, 1.82) is 0 Å². The molecule has 0 bridgehead atoms. The first-order valence-electron chi connectivity index (χ1n) is 10.6. The number of aliphatic hydroxyl groups is 2. The summed E-state index contributed by atoms with van der Waals surface area (Å²) in [6.45, 7) is -0.325. The minimum absolute atomic E-state index is 0.0365. The van der Waals surface area contributed by atoms with E-state index < -0.39 is 30.2 Å². The lowest BCUT2D eigenvalue weighted by molar-refractivity contribution is -0.0130. The van der Waals surface area contributed by atoms with Crippen LogP contribution in [0.4, 0.5) is 0 Å². The van der Waals surface area contributed by atoms with E-state index in [2.05, 4.69) is 0 Å². The molecule has 0 aliphatic carbocycles. The summed E-state index contributed by atoms with van der Waals surface area (Å²) in [7, 11) is 1.43. The molecule has 3 aromatic rings. The molecule has 2 aliphatic rings. The molecule has 2 heterocycles. The van der Waals surface area contributed by atoms with Crippen LogP contribution >= 0.6 is 0 Å². The number of phenolic OH excluding ortho intramolecular Hbond substituents is 2. The molecule has 34 heavy (non-hydrogen) atoms. The number of aromatic hydroxyl groups is 2. The first-order chi connectivity index (χ1) is 16.4. The number of benzene rings is 3. The lowest BCUT2D eigenvalue weighted by atomic mass is 9.92. The van der Waals surface area contributed by atoms with Gasteiger partial charge in [0.1, 0.15) is 17.1 Å². The summed E-state index contributed by atoms with van der Waals surface area (Å²) < 4.78 is 23.1. The van der Waals surface area contributed by atoms with Gasteiger partial charge >= 0.3 is 0 Å². The Morgan fingerprint density at radius 3 is 2.35 bits per heavy atom. The maximum Gasteiger partial charge on any atom is 0.202 e. The number of Topliss-reactive ketones (excluding diaryl/α,β-unsaturated/α-hetero) is 1. The van der Waals surface area contributed by atoms with Crippen molar-refractivity contribution in [2.24, 2.45) is 0 Å². The van der Waals surface area contributed by atoms with Crippen LogP contribution in [0.3, 0.4) is 0 Å². The van der Waals surface area contributed by atoms with Crippen LogP contribution in [0.5, 0.6) is 34.5 Å². The summed E-state index contributed by atoms with van der Waals surface area (Å²) in [5.74, 6) is 0.174. The quantitative estimate of drug-likeness (QED) is 0.458. The van der Waals surface area contributed by atoms with Gasteiger partial charge in [0.15, 0.2) is 47.4 Å². The van der Waals surface area contributed by atoms with E-state index in [0.29, 0.717) is 22.6 Å². The van der Waals surface area contributed by atoms with Gasteiger partial charge in [-0.15, -0.1) is 0 Å². The number of hydrogen-bond donors (Lipinski definition) is 4. The zero-order valence-electron chi connectivity index (χ0n) is 18.0. The highest BCUT2D eigenvalue weighted by Crippen LogP contribution is 2.45. The van der Waals surface area contributed by atoms with Crippen molar-refractivity contribution in [3.63, 3.8) is 0 Å². The number of methoxy groups -OCH3 is 1. The third kappa shape index (κ3) is 3.55. The average Bonchev–Trinajstić information content (AvgIpc) is 2.85. The van der Waals surface area contributed by atoms with Crippen LogP contribution in [0.15, 0.2) is 54.6 Å². The van der Waals surface area contributed by atoms with E-state index in [-0.39, 0.29) is 35.2 Å². The minimum atomic E-state index is -1.54. The predicted octanol–water partition coefficient (Wildman–Crippen LogP) is 2.66. The predicted molar refractivity (Wildman–Crippen MR) is 118 cm³/mol. The van der Waals surface area contributed by atoms with Gasteiger partial charge in [0, 0.05) is 5.56 Å². The minimum Gasteiger partial charge on any atom is -0.507 e. The normalized spacial score (nSPS) is 23.1. The molecule has 0 saturated carbocycles. The summed E-state index contributed by atoms with van der Waals surface area (Å²) in [6, 6.07) is 14.0. The number of carbonyl (C=O) groups is 1. The van der Waals surface area contributed by atoms with Gasteiger partial charge < -0.3 is 39.4 Å². The maximum atomic E-state index is 12.7. The standard InChI is InChI=1S/C25H22O9/c1-31-18-9-12(5-7-14(18)27)24-20(11-26)32-16-8-6-13(10-19(16)34-24)25-23(30)22(29)21-15(28)3-2-4-17(21)33-25/h2-10,20,23-28,30H,11H2,1H3. The Morgan fingerprint density at radius 1 is 0.853 bits per heavy atom. The Labute approximate surface area is 194 Å². The van der Waals surface area contributed by atoms with E-state index in [0.717, 1.165) is 0 Å². The molecule has 4 atom stereocenters. The van der Waals surface area contributed by atoms with Crippen LogP contribution in [0, 0.1) is 0 Å². The summed E-state index contributed by atoms with van der Waals surface area (Å²) >= 11 is 0. The Bertz CT molecular complexity index is 1260. The zero-order valence-corrected chi connectivity index (χ0v) is 18.0. The van der Waals surface area contributed by atoms with E-state index in [1.165, 1.54) is 19.2 Å². The molecule has 0 amide bonds. The summed E-state index contributed by atoms with van der Waals surface area (Å²) in [4.78, 5) is 12.7. The topological polar surface area (TPSA) is 135 Å². The van der Waals surface area contributed by atoms with Gasteiger partial charge in [0.25, 0.3) is 0 Å². The monoisotopic (exact) mass is 466 g/mol. The van der Waals surface area contributed by atoms with Crippen molar-refractivity contribution < 1.29 is 44.2 Å². The molecular formula is C25H22O9. The molecule has 3 aromatic carbocycles. The van der Waals surface area contributed by atoms with Gasteiger partial charge in [0.05, 0.1) is 13.7 Å². The van der Waals surface area contributed by atoms with Gasteiger partial charge in [-0.3, -0.25) is 4.79 Å². The molecule has 5 rings (SSSR count). The second-order valence-electron chi connectivity index (χ2n) is 8.01. The number of carbonyl (C=O) groups excluding carboxylic acids is 1. The molecule has 0 fully saturated rings. The Morgan fingerprint density at radius 2 is 1.59 bits per heavy atom. The smallest absolute Gasteiger partial charge is 0.202 e. The molecule has 4 N–H and O–H groups in total. The summed E-state index contributed by atoms with van der Waals surface area (Å²) in [6.07, 6.45) is -4.01. The van der Waals surface area contributed by atoms with Crippen LogP contribution in [0.1, 0.15) is 33.7 Å². The Hall–Kier alpha value is -3.95. The SMILES string of the molecule is COc1cc(C2Oc3cc(C4Oc5cccc(O)c5C(=O)C4O)ccc3OC2CO)ccc1O. The highest BCUT2D eigenvalue weighted by molar-refractivity contribution is 6.05. The maximum absolute atomic E-state index is 12.7. The largest absolute Gasteiger partial charge is 0.507 e. The van der Waals surface area contributed by atoms with E-state index in [1.54, 1.807) is 42.5 Å². The summed E-state index contributed by atoms with van der Waals surface area (Å²) in [5, 5.41) is 40.4. The fourth-order valence-corrected chi connectivity index (χ4v) is 4.22. The number of rotatable bonds is 4. The van der Waals surface area contributed by atoms with Gasteiger partial charge in [-0.05, 0) is 42.0 Å². The second-order valence-corrected chi connectivity index (χ2v) is 8.01. The first kappa shape index (κ1) is 21.9. The third-order valence-corrected chi connectivity index (χ3v) is 5.94. The van der Waals surface area contributed by atoms with Gasteiger partial charge in [-0.2, -0.15) is 0 Å². The molecule has 0 aromatic heterocycles. The summed E-state index contributed by atoms with van der Waals surface area (Å²) in [5.41, 5.74) is 1.01. The lowest BCUT2D eigenvalue weighted by Gasteiger charge is -2.35. The Kier molecular flexibility index (Phi) is 5.43. The highest BCUT2D eigenvalue weighted by atomic mass is 16.6. The molecule has 4 unspecified atom stereocenters. The van der Waals surface area contributed by atoms with Crippen molar-refractivity contribution in [3.8, 4) is 34.5 Å². The molecular weight excluding hydrogens is 444 g/mol. The van der Waals surface area contributed by atoms with E-state index >= 15 is 0 Å². The van der Waals surface area contributed by atoms with E-state index in [9.17, 15) is 25.2 Å². The lowest BCUT2D eigenvalue weighted by Crippen LogP contribution is -2.37. The first-order valence-corrected chi connectivity index (χ1v) is 10.6. The average molecular weight is 466 g/mol. The van der Waals surface area contributed by atoms with Gasteiger partial charge in [-0.1, -0.05) is 18.2 Å². The molecule has 0 saturated heterocycles. The van der Waals surface area contributed by atoms with Crippen LogP contribution in [0.25, 0.3) is 0 Å². The van der Waals surface area contributed by atoms with Gasteiger partial charge in [0.2, 0.25) is 5.78 Å². The fraction of sp³-hybridized carbons (Fsp3) is 0.240. The molecule has 9 nitrogen and oxygen atoms in total. The van der Waals surface area contributed by atoms with Crippen LogP contribution in [-0.2, 0) is 0 Å². The number of hydrogen-bond acceptors (Lipinski definition) is 9. The number of ketones is 1. The van der Waals surface area contributed by atoms with Crippen molar-refractivity contribution >= 4 is 5.78 Å². The number of ether oxygens (including phenoxy) is 4. The van der Waals surface area contributed by atoms with Crippen molar-refractivity contribution in [3.05, 3.63) is 71.3 Å². The van der Waals surface area contributed by atoms with Crippen molar-refractivity contribution in [1.82, 2.24) is 0 Å². The van der Waals surface area contributed by atoms with Crippen LogP contribution in [0.2, 0.25) is 0 Å². The van der Waals surface area contributed by atoms with Crippen LogP contribution in [-0.4, -0.2) is 52.1 Å². The van der Waals surface area contributed by atoms with E-state index in [1.807, 2.05) is 0 Å². The van der Waals surface area contributed by atoms with Gasteiger partial charge in [-0.25, -0.2) is 0 Å².